The van der Waals surface area contributed by atoms with E-state index in [4.69, 9.17) is 4.74 Å². The second kappa shape index (κ2) is 8.58. The monoisotopic (exact) mass is 345 g/mol. The smallest absolute Gasteiger partial charge is 0.124 e. The van der Waals surface area contributed by atoms with Gasteiger partial charge in [0.1, 0.15) is 11.5 Å². The van der Waals surface area contributed by atoms with Gasteiger partial charge < -0.3 is 9.84 Å². The molecule has 0 saturated heterocycles. The number of hydrogen-bond donors (Lipinski definition) is 1. The van der Waals surface area contributed by atoms with Gasteiger partial charge in [0.25, 0.3) is 0 Å². The van der Waals surface area contributed by atoms with Gasteiger partial charge in [-0.25, -0.2) is 0 Å². The molecule has 0 saturated carbocycles. The van der Waals surface area contributed by atoms with Crippen molar-refractivity contribution in [3.63, 3.8) is 0 Å². The lowest BCUT2D eigenvalue weighted by Gasteiger charge is -2.02. The molecule has 0 radical (unpaired) electrons. The Morgan fingerprint density at radius 2 is 1.54 bits per heavy atom. The van der Waals surface area contributed by atoms with Crippen LogP contribution in [0, 0.1) is 0 Å². The molecule has 3 aromatic rings. The molecule has 5 heteroatoms. The number of phenolic OH excluding ortho intramolecular Hbond substituents is 1. The third kappa shape index (κ3) is 4.77. The van der Waals surface area contributed by atoms with Crippen LogP contribution in [0.2, 0.25) is 0 Å². The standard InChI is InChI=1S/C21H19N3O2/c1-2-26-20-11-8-18(9-12-20)23-24-19-10-13-21(25)16(14-19)15-22-17-6-4-3-5-7-17/h3-15,25H,2H2,1H3. The summed E-state index contributed by atoms with van der Waals surface area (Å²) in [5.74, 6) is 0.945. The fourth-order valence-corrected chi connectivity index (χ4v) is 2.26. The molecule has 0 bridgehead atoms. The fraction of sp³-hybridized carbons (Fsp3) is 0.0952. The Morgan fingerprint density at radius 3 is 2.27 bits per heavy atom. The van der Waals surface area contributed by atoms with Gasteiger partial charge in [-0.1, -0.05) is 18.2 Å². The summed E-state index contributed by atoms with van der Waals surface area (Å²) in [6.45, 7) is 2.57. The van der Waals surface area contributed by atoms with Crippen LogP contribution in [-0.4, -0.2) is 17.9 Å². The summed E-state index contributed by atoms with van der Waals surface area (Å²) in [5, 5.41) is 18.4. The van der Waals surface area contributed by atoms with E-state index in [0.29, 0.717) is 17.9 Å². The molecule has 3 aromatic carbocycles. The van der Waals surface area contributed by atoms with Crippen LogP contribution < -0.4 is 4.74 Å². The Morgan fingerprint density at radius 1 is 0.846 bits per heavy atom. The molecule has 0 spiro atoms. The summed E-state index contributed by atoms with van der Waals surface area (Å²) in [7, 11) is 0. The van der Waals surface area contributed by atoms with Crippen molar-refractivity contribution in [3.8, 4) is 11.5 Å². The third-order valence-corrected chi connectivity index (χ3v) is 3.55. The van der Waals surface area contributed by atoms with Crippen LogP contribution in [0.1, 0.15) is 12.5 Å². The first kappa shape index (κ1) is 17.4. The third-order valence-electron chi connectivity index (χ3n) is 3.55. The second-order valence-electron chi connectivity index (χ2n) is 5.46. The molecule has 130 valence electrons. The van der Waals surface area contributed by atoms with Gasteiger partial charge in [-0.15, -0.1) is 0 Å². The summed E-state index contributed by atoms with van der Waals surface area (Å²) in [5.41, 5.74) is 2.75. The van der Waals surface area contributed by atoms with Crippen molar-refractivity contribution in [1.82, 2.24) is 0 Å². The van der Waals surface area contributed by atoms with Crippen LogP contribution in [-0.2, 0) is 0 Å². The van der Waals surface area contributed by atoms with E-state index in [1.54, 1.807) is 24.4 Å². The Hall–Kier alpha value is -3.47. The number of para-hydroxylation sites is 1. The van der Waals surface area contributed by atoms with E-state index in [9.17, 15) is 5.11 Å². The lowest BCUT2D eigenvalue weighted by molar-refractivity contribution is 0.340. The Bertz CT molecular complexity index is 904. The predicted molar refractivity (Wildman–Crippen MR) is 104 cm³/mol. The highest BCUT2D eigenvalue weighted by atomic mass is 16.5. The Labute approximate surface area is 152 Å². The molecular formula is C21H19N3O2. The van der Waals surface area contributed by atoms with Crippen LogP contribution in [0.25, 0.3) is 0 Å². The first-order valence-corrected chi connectivity index (χ1v) is 8.31. The van der Waals surface area contributed by atoms with Gasteiger partial charge >= 0.3 is 0 Å². The maximum Gasteiger partial charge on any atom is 0.124 e. The number of rotatable bonds is 6. The van der Waals surface area contributed by atoms with Crippen LogP contribution in [0.15, 0.2) is 88.0 Å². The molecule has 0 aliphatic carbocycles. The lowest BCUT2D eigenvalue weighted by atomic mass is 10.2. The van der Waals surface area contributed by atoms with Crippen LogP contribution >= 0.6 is 0 Å². The zero-order valence-electron chi connectivity index (χ0n) is 14.4. The van der Waals surface area contributed by atoms with Gasteiger partial charge in [0.15, 0.2) is 0 Å². The summed E-state index contributed by atoms with van der Waals surface area (Å²) < 4.78 is 5.40. The lowest BCUT2D eigenvalue weighted by Crippen LogP contribution is -1.89. The van der Waals surface area contributed by atoms with Gasteiger partial charge in [0, 0.05) is 11.8 Å². The SMILES string of the molecule is CCOc1ccc(N=Nc2ccc(O)c(C=Nc3ccccc3)c2)cc1. The van der Waals surface area contributed by atoms with Crippen molar-refractivity contribution in [2.45, 2.75) is 6.92 Å². The quantitative estimate of drug-likeness (QED) is 0.442. The molecule has 0 heterocycles. The van der Waals surface area contributed by atoms with Crippen LogP contribution in [0.3, 0.4) is 0 Å². The first-order chi connectivity index (χ1) is 12.7. The average Bonchev–Trinajstić information content (AvgIpc) is 2.68. The highest BCUT2D eigenvalue weighted by molar-refractivity contribution is 5.86. The van der Waals surface area contributed by atoms with Gasteiger partial charge in [0.05, 0.1) is 23.7 Å². The van der Waals surface area contributed by atoms with E-state index in [1.165, 1.54) is 0 Å². The highest BCUT2D eigenvalue weighted by Crippen LogP contribution is 2.25. The molecule has 26 heavy (non-hydrogen) atoms. The van der Waals surface area contributed by atoms with Gasteiger partial charge in [-0.3, -0.25) is 4.99 Å². The number of nitrogens with zero attached hydrogens (tertiary/aromatic N) is 3. The molecular weight excluding hydrogens is 326 g/mol. The van der Waals surface area contributed by atoms with Crippen molar-refractivity contribution in [2.24, 2.45) is 15.2 Å². The Kier molecular flexibility index (Phi) is 5.72. The van der Waals surface area contributed by atoms with E-state index >= 15 is 0 Å². The van der Waals surface area contributed by atoms with Crippen molar-refractivity contribution in [3.05, 3.63) is 78.4 Å². The topological polar surface area (TPSA) is 66.5 Å². The van der Waals surface area contributed by atoms with Crippen molar-refractivity contribution in [2.75, 3.05) is 6.61 Å². The second-order valence-corrected chi connectivity index (χ2v) is 5.46. The van der Waals surface area contributed by atoms with Crippen molar-refractivity contribution in [1.29, 1.82) is 0 Å². The molecule has 5 nitrogen and oxygen atoms in total. The molecule has 1 N–H and O–H groups in total. The average molecular weight is 345 g/mol. The normalized spacial score (nSPS) is 11.3. The number of azo groups is 1. The minimum absolute atomic E-state index is 0.143. The zero-order valence-corrected chi connectivity index (χ0v) is 14.4. The number of aromatic hydroxyl groups is 1. The zero-order chi connectivity index (χ0) is 18.2. The molecule has 0 atom stereocenters. The number of aliphatic imine (C=N–C) groups is 1. The Balaban J connectivity index is 1.75. The van der Waals surface area contributed by atoms with E-state index in [0.717, 1.165) is 17.1 Å². The van der Waals surface area contributed by atoms with Gasteiger partial charge in [0.2, 0.25) is 0 Å². The number of ether oxygens (including phenoxy) is 1. The molecule has 0 fully saturated rings. The summed E-state index contributed by atoms with van der Waals surface area (Å²) >= 11 is 0. The fourth-order valence-electron chi connectivity index (χ4n) is 2.26. The maximum absolute atomic E-state index is 10.0. The first-order valence-electron chi connectivity index (χ1n) is 8.31. The van der Waals surface area contributed by atoms with Crippen molar-refractivity contribution < 1.29 is 9.84 Å². The summed E-state index contributed by atoms with van der Waals surface area (Å²) in [4.78, 5) is 4.35. The number of benzene rings is 3. The number of hydrogen-bond acceptors (Lipinski definition) is 5. The minimum atomic E-state index is 0.143. The summed E-state index contributed by atoms with van der Waals surface area (Å²) in [6.07, 6.45) is 1.61. The van der Waals surface area contributed by atoms with Gasteiger partial charge in [-0.2, -0.15) is 10.2 Å². The van der Waals surface area contributed by atoms with Crippen LogP contribution in [0.4, 0.5) is 17.1 Å². The predicted octanol–water partition coefficient (Wildman–Crippen LogP) is 5.96. The molecule has 0 aromatic heterocycles. The molecule has 0 amide bonds. The molecule has 0 unspecified atom stereocenters. The molecule has 0 aliphatic rings. The maximum atomic E-state index is 10.0. The summed E-state index contributed by atoms with van der Waals surface area (Å²) in [6, 6.07) is 21.9. The van der Waals surface area contributed by atoms with E-state index in [1.807, 2.05) is 61.5 Å². The van der Waals surface area contributed by atoms with E-state index in [2.05, 4.69) is 15.2 Å². The van der Waals surface area contributed by atoms with E-state index < -0.39 is 0 Å². The molecule has 3 rings (SSSR count). The number of phenols is 1. The van der Waals surface area contributed by atoms with Crippen LogP contribution in [0.5, 0.6) is 11.5 Å². The largest absolute Gasteiger partial charge is 0.507 e. The van der Waals surface area contributed by atoms with E-state index in [-0.39, 0.29) is 5.75 Å². The molecule has 0 aliphatic heterocycles. The minimum Gasteiger partial charge on any atom is -0.507 e. The van der Waals surface area contributed by atoms with Gasteiger partial charge in [-0.05, 0) is 61.5 Å². The highest BCUT2D eigenvalue weighted by Gasteiger charge is 2.01. The van der Waals surface area contributed by atoms with Crippen molar-refractivity contribution >= 4 is 23.3 Å².